The predicted molar refractivity (Wildman–Crippen MR) is 107 cm³/mol. The average Bonchev–Trinajstić information content (AvgIpc) is 2.88. The van der Waals surface area contributed by atoms with E-state index in [1.165, 1.54) is 13.2 Å². The smallest absolute Gasteiger partial charge is 0.278 e. The van der Waals surface area contributed by atoms with Gasteiger partial charge < -0.3 is 10.1 Å². The summed E-state index contributed by atoms with van der Waals surface area (Å²) in [4.78, 5) is 26.9. The lowest BCUT2D eigenvalue weighted by Crippen LogP contribution is -2.32. The summed E-state index contributed by atoms with van der Waals surface area (Å²) in [5.74, 6) is -0.373. The predicted octanol–water partition coefficient (Wildman–Crippen LogP) is 4.38. The number of hydrogen-bond acceptors (Lipinski definition) is 4. The first-order chi connectivity index (χ1) is 13.0. The highest BCUT2D eigenvalue weighted by molar-refractivity contribution is 6.37. The molecule has 7 heteroatoms. The minimum absolute atomic E-state index is 0.104. The summed E-state index contributed by atoms with van der Waals surface area (Å²) in [7, 11) is 1.51. The van der Waals surface area contributed by atoms with Gasteiger partial charge in [0.2, 0.25) is 0 Å². The first-order valence-electron chi connectivity index (χ1n) is 8.04. The van der Waals surface area contributed by atoms with Crippen LogP contribution in [0, 0.1) is 0 Å². The maximum absolute atomic E-state index is 12.9. The van der Waals surface area contributed by atoms with Crippen molar-refractivity contribution in [3.8, 4) is 5.75 Å². The molecule has 0 fully saturated rings. The average molecular weight is 403 g/mol. The van der Waals surface area contributed by atoms with Crippen LogP contribution in [0.25, 0.3) is 5.57 Å². The summed E-state index contributed by atoms with van der Waals surface area (Å²) >= 11 is 12.0. The lowest BCUT2D eigenvalue weighted by atomic mass is 10.0. The zero-order valence-electron chi connectivity index (χ0n) is 14.5. The molecule has 0 saturated carbocycles. The van der Waals surface area contributed by atoms with Crippen molar-refractivity contribution in [1.82, 2.24) is 4.90 Å². The number of rotatable bonds is 6. The van der Waals surface area contributed by atoms with Crippen LogP contribution in [0.3, 0.4) is 0 Å². The van der Waals surface area contributed by atoms with Crippen molar-refractivity contribution in [2.24, 2.45) is 0 Å². The summed E-state index contributed by atoms with van der Waals surface area (Å²) < 4.78 is 5.32. The number of imide groups is 1. The van der Waals surface area contributed by atoms with Crippen molar-refractivity contribution < 1.29 is 14.3 Å². The highest BCUT2D eigenvalue weighted by Gasteiger charge is 2.38. The van der Waals surface area contributed by atoms with Crippen molar-refractivity contribution in [2.45, 2.75) is 0 Å². The Morgan fingerprint density at radius 1 is 1.07 bits per heavy atom. The van der Waals surface area contributed by atoms with Crippen LogP contribution in [-0.4, -0.2) is 30.4 Å². The maximum Gasteiger partial charge on any atom is 0.278 e. The Balaban J connectivity index is 2.12. The van der Waals surface area contributed by atoms with Gasteiger partial charge in [-0.3, -0.25) is 14.5 Å². The highest BCUT2D eigenvalue weighted by Crippen LogP contribution is 2.34. The van der Waals surface area contributed by atoms with Crippen molar-refractivity contribution in [1.29, 1.82) is 0 Å². The van der Waals surface area contributed by atoms with Gasteiger partial charge in [0.1, 0.15) is 11.4 Å². The van der Waals surface area contributed by atoms with E-state index in [0.29, 0.717) is 27.0 Å². The molecule has 0 spiro atoms. The number of nitrogens with zero attached hydrogens (tertiary/aromatic N) is 1. The number of methoxy groups -OCH3 is 1. The van der Waals surface area contributed by atoms with Gasteiger partial charge >= 0.3 is 0 Å². The summed E-state index contributed by atoms with van der Waals surface area (Å²) in [6.07, 6.45) is 1.50. The van der Waals surface area contributed by atoms with Crippen LogP contribution in [0.4, 0.5) is 5.69 Å². The fourth-order valence-electron chi connectivity index (χ4n) is 2.78. The third-order valence-electron chi connectivity index (χ3n) is 4.03. The Labute approximate surface area is 166 Å². The first-order valence-corrected chi connectivity index (χ1v) is 8.79. The molecule has 27 heavy (non-hydrogen) atoms. The van der Waals surface area contributed by atoms with E-state index in [-0.39, 0.29) is 17.8 Å². The van der Waals surface area contributed by atoms with Crippen molar-refractivity contribution in [2.75, 3.05) is 19.0 Å². The molecular formula is C20H16Cl2N2O3. The molecule has 1 aliphatic heterocycles. The van der Waals surface area contributed by atoms with E-state index in [9.17, 15) is 9.59 Å². The van der Waals surface area contributed by atoms with Crippen molar-refractivity contribution >= 4 is 46.3 Å². The Hall–Kier alpha value is -2.76. The van der Waals surface area contributed by atoms with Gasteiger partial charge in [-0.2, -0.15) is 0 Å². The van der Waals surface area contributed by atoms with Gasteiger partial charge in [-0.15, -0.1) is 6.58 Å². The standard InChI is InChI=1S/C20H16Cl2N2O3/c1-3-10-24-19(25)17(12-4-6-13(21)7-5-12)18(20(24)26)23-15-11-14(22)8-9-16(15)27-2/h3-9,11,23H,1,10H2,2H3. The monoisotopic (exact) mass is 402 g/mol. The molecule has 0 aliphatic carbocycles. The topological polar surface area (TPSA) is 58.6 Å². The van der Waals surface area contributed by atoms with Gasteiger partial charge in [0.25, 0.3) is 11.8 Å². The number of ether oxygens (including phenoxy) is 1. The van der Waals surface area contributed by atoms with E-state index in [4.69, 9.17) is 27.9 Å². The molecule has 2 amide bonds. The molecule has 1 heterocycles. The van der Waals surface area contributed by atoms with Gasteiger partial charge in [-0.05, 0) is 35.9 Å². The molecule has 5 nitrogen and oxygen atoms in total. The number of carbonyl (C=O) groups excluding carboxylic acids is 2. The van der Waals surface area contributed by atoms with Gasteiger partial charge in [0, 0.05) is 16.6 Å². The zero-order chi connectivity index (χ0) is 19.6. The minimum Gasteiger partial charge on any atom is -0.495 e. The molecule has 0 unspecified atom stereocenters. The lowest BCUT2D eigenvalue weighted by Gasteiger charge is -2.14. The second-order valence-corrected chi connectivity index (χ2v) is 6.61. The Kier molecular flexibility index (Phi) is 5.54. The van der Waals surface area contributed by atoms with Gasteiger partial charge in [-0.25, -0.2) is 0 Å². The molecule has 0 bridgehead atoms. The maximum atomic E-state index is 12.9. The SMILES string of the molecule is C=CCN1C(=O)C(Nc2cc(Cl)ccc2OC)=C(c2ccc(Cl)cc2)C1=O. The summed E-state index contributed by atoms with van der Waals surface area (Å²) in [5, 5.41) is 4.02. The van der Waals surface area contributed by atoms with Crippen LogP contribution in [-0.2, 0) is 9.59 Å². The lowest BCUT2D eigenvalue weighted by molar-refractivity contribution is -0.136. The van der Waals surface area contributed by atoms with Crippen LogP contribution >= 0.6 is 23.2 Å². The summed E-state index contributed by atoms with van der Waals surface area (Å²) in [6.45, 7) is 3.71. The quantitative estimate of drug-likeness (QED) is 0.575. The molecular weight excluding hydrogens is 387 g/mol. The van der Waals surface area contributed by atoms with E-state index < -0.39 is 11.8 Å². The highest BCUT2D eigenvalue weighted by atomic mass is 35.5. The summed E-state index contributed by atoms with van der Waals surface area (Å²) in [6, 6.07) is 11.7. The molecule has 0 radical (unpaired) electrons. The third kappa shape index (κ3) is 3.70. The zero-order valence-corrected chi connectivity index (χ0v) is 16.0. The molecule has 0 saturated heterocycles. The van der Waals surface area contributed by atoms with Gasteiger partial charge in [-0.1, -0.05) is 41.4 Å². The van der Waals surface area contributed by atoms with Gasteiger partial charge in [0.15, 0.2) is 0 Å². The normalized spacial score (nSPS) is 14.0. The van der Waals surface area contributed by atoms with E-state index >= 15 is 0 Å². The molecule has 2 aromatic rings. The second-order valence-electron chi connectivity index (χ2n) is 5.74. The van der Waals surface area contributed by atoms with Crippen molar-refractivity contribution in [3.63, 3.8) is 0 Å². The first kappa shape index (κ1) is 19.0. The largest absolute Gasteiger partial charge is 0.495 e. The Bertz CT molecular complexity index is 952. The molecule has 2 aromatic carbocycles. The second kappa shape index (κ2) is 7.86. The molecule has 1 N–H and O–H groups in total. The number of hydrogen-bond donors (Lipinski definition) is 1. The fourth-order valence-corrected chi connectivity index (χ4v) is 3.08. The molecule has 0 aromatic heterocycles. The minimum atomic E-state index is -0.452. The van der Waals surface area contributed by atoms with E-state index in [1.807, 2.05) is 0 Å². The number of halogens is 2. The van der Waals surface area contributed by atoms with Crippen LogP contribution in [0.15, 0.2) is 60.8 Å². The number of benzene rings is 2. The molecule has 1 aliphatic rings. The number of nitrogens with one attached hydrogen (secondary N) is 1. The molecule has 3 rings (SSSR count). The number of anilines is 1. The van der Waals surface area contributed by atoms with E-state index in [0.717, 1.165) is 4.90 Å². The fraction of sp³-hybridized carbons (Fsp3) is 0.100. The number of carbonyl (C=O) groups is 2. The van der Waals surface area contributed by atoms with Gasteiger partial charge in [0.05, 0.1) is 18.4 Å². The van der Waals surface area contributed by atoms with Crippen LogP contribution in [0.2, 0.25) is 10.0 Å². The third-order valence-corrected chi connectivity index (χ3v) is 4.52. The van der Waals surface area contributed by atoms with E-state index in [2.05, 4.69) is 11.9 Å². The summed E-state index contributed by atoms with van der Waals surface area (Å²) in [5.41, 5.74) is 1.45. The molecule has 0 atom stereocenters. The van der Waals surface area contributed by atoms with Crippen molar-refractivity contribution in [3.05, 3.63) is 76.4 Å². The van der Waals surface area contributed by atoms with Crippen LogP contribution in [0.1, 0.15) is 5.56 Å². The van der Waals surface area contributed by atoms with Crippen LogP contribution < -0.4 is 10.1 Å². The van der Waals surface area contributed by atoms with E-state index in [1.54, 1.807) is 42.5 Å². The number of amides is 2. The van der Waals surface area contributed by atoms with Crippen LogP contribution in [0.5, 0.6) is 5.75 Å². The Morgan fingerprint density at radius 2 is 1.74 bits per heavy atom. The molecule has 138 valence electrons. The Morgan fingerprint density at radius 3 is 2.37 bits per heavy atom.